The fourth-order valence-corrected chi connectivity index (χ4v) is 3.92. The second kappa shape index (κ2) is 7.26. The van der Waals surface area contributed by atoms with E-state index >= 15 is 0 Å². The molecule has 1 aromatic carbocycles. The minimum Gasteiger partial charge on any atom is -0.494 e. The van der Waals surface area contributed by atoms with Crippen LogP contribution in [0.15, 0.2) is 17.0 Å². The molecule has 0 saturated heterocycles. The van der Waals surface area contributed by atoms with Gasteiger partial charge in [0.15, 0.2) is 5.75 Å². The topological polar surface area (TPSA) is 102 Å². The van der Waals surface area contributed by atoms with E-state index in [0.717, 1.165) is 12.8 Å². The lowest BCUT2D eigenvalue weighted by Gasteiger charge is -2.18. The molecule has 1 unspecified atom stereocenters. The second-order valence-corrected chi connectivity index (χ2v) is 8.21. The third kappa shape index (κ3) is 4.18. The van der Waals surface area contributed by atoms with Gasteiger partial charge in [-0.15, -0.1) is 0 Å². The Hall–Kier alpha value is -1.35. The summed E-state index contributed by atoms with van der Waals surface area (Å²) in [5, 5.41) is 0.132. The summed E-state index contributed by atoms with van der Waals surface area (Å²) in [6.45, 7) is 0.125. The molecule has 0 heterocycles. The van der Waals surface area contributed by atoms with Crippen LogP contribution in [0.25, 0.3) is 0 Å². The molecule has 1 atom stereocenters. The Balaban J connectivity index is 2.38. The third-order valence-corrected chi connectivity index (χ3v) is 5.53. The summed E-state index contributed by atoms with van der Waals surface area (Å²) in [6, 6.07) is 2.42. The predicted molar refractivity (Wildman–Crippen MR) is 91.9 cm³/mol. The van der Waals surface area contributed by atoms with E-state index in [-0.39, 0.29) is 33.8 Å². The maximum atomic E-state index is 12.6. The largest absolute Gasteiger partial charge is 0.494 e. The Morgan fingerprint density at radius 1 is 1.46 bits per heavy atom. The fraction of sp³-hybridized carbons (Fsp3) is 0.533. The molecule has 0 spiro atoms. The van der Waals surface area contributed by atoms with E-state index in [4.69, 9.17) is 22.1 Å². The number of nitrogens with two attached hydrogens (primary N) is 1. The van der Waals surface area contributed by atoms with Crippen LogP contribution in [-0.2, 0) is 10.0 Å². The van der Waals surface area contributed by atoms with Crippen LogP contribution in [-0.4, -0.2) is 53.0 Å². The number of carbonyl (C=O) groups excluding carboxylic acids is 1. The van der Waals surface area contributed by atoms with Gasteiger partial charge in [-0.2, -0.15) is 0 Å². The second-order valence-electron chi connectivity index (χ2n) is 6.04. The van der Waals surface area contributed by atoms with Crippen molar-refractivity contribution in [1.82, 2.24) is 9.62 Å². The average Bonchev–Trinajstić information content (AvgIpc) is 3.35. The number of ether oxygens (including phenoxy) is 1. The van der Waals surface area contributed by atoms with E-state index in [1.165, 1.54) is 24.1 Å². The maximum absolute atomic E-state index is 12.6. The summed E-state index contributed by atoms with van der Waals surface area (Å²) in [4.78, 5) is 13.4. The lowest BCUT2D eigenvalue weighted by atomic mass is 10.2. The molecule has 0 aromatic heterocycles. The number of hydrogen-bond acceptors (Lipinski definition) is 5. The van der Waals surface area contributed by atoms with Crippen LogP contribution < -0.4 is 15.2 Å². The zero-order chi connectivity index (χ0) is 18.1. The van der Waals surface area contributed by atoms with Gasteiger partial charge in [-0.3, -0.25) is 4.79 Å². The molecule has 1 aliphatic carbocycles. The number of methoxy groups -OCH3 is 1. The molecule has 1 fully saturated rings. The monoisotopic (exact) mass is 375 g/mol. The Morgan fingerprint density at radius 3 is 2.58 bits per heavy atom. The molecule has 1 aromatic rings. The Bertz CT molecular complexity index is 732. The van der Waals surface area contributed by atoms with Crippen LogP contribution in [0.5, 0.6) is 5.75 Å². The number of nitrogens with zero attached hydrogens (tertiary/aromatic N) is 1. The van der Waals surface area contributed by atoms with Crippen molar-refractivity contribution >= 4 is 27.5 Å². The zero-order valence-electron chi connectivity index (χ0n) is 13.9. The highest BCUT2D eigenvalue weighted by Crippen LogP contribution is 2.33. The van der Waals surface area contributed by atoms with E-state index in [9.17, 15) is 13.2 Å². The van der Waals surface area contributed by atoms with Gasteiger partial charge >= 0.3 is 0 Å². The van der Waals surface area contributed by atoms with Gasteiger partial charge in [-0.25, -0.2) is 13.1 Å². The van der Waals surface area contributed by atoms with Gasteiger partial charge in [0.25, 0.3) is 5.91 Å². The van der Waals surface area contributed by atoms with Gasteiger partial charge in [0.05, 0.1) is 12.7 Å². The maximum Gasteiger partial charge on any atom is 0.257 e. The summed E-state index contributed by atoms with van der Waals surface area (Å²) in [5.41, 5.74) is 6.02. The first-order valence-electron chi connectivity index (χ1n) is 7.51. The van der Waals surface area contributed by atoms with E-state index in [2.05, 4.69) is 4.72 Å². The van der Waals surface area contributed by atoms with Gasteiger partial charge in [-0.1, -0.05) is 11.6 Å². The lowest BCUT2D eigenvalue weighted by Crippen LogP contribution is -2.38. The van der Waals surface area contributed by atoms with Crippen molar-refractivity contribution < 1.29 is 17.9 Å². The minimum atomic E-state index is -3.92. The zero-order valence-corrected chi connectivity index (χ0v) is 15.4. The molecule has 24 heavy (non-hydrogen) atoms. The number of benzene rings is 1. The number of sulfonamides is 1. The SMILES string of the molecule is COc1c(C(=O)N(C)C)cc(Cl)cc1S(=O)(=O)NCC(N)C1CC1. The first-order valence-corrected chi connectivity index (χ1v) is 9.38. The highest BCUT2D eigenvalue weighted by molar-refractivity contribution is 7.89. The van der Waals surface area contributed by atoms with Gasteiger partial charge < -0.3 is 15.4 Å². The fourth-order valence-electron chi connectivity index (χ4n) is 2.35. The van der Waals surface area contributed by atoms with E-state index in [1.807, 2.05) is 0 Å². The van der Waals surface area contributed by atoms with Crippen LogP contribution in [0.2, 0.25) is 5.02 Å². The number of hydrogen-bond donors (Lipinski definition) is 2. The molecular weight excluding hydrogens is 354 g/mol. The minimum absolute atomic E-state index is 0.0365. The van der Waals surface area contributed by atoms with Gasteiger partial charge in [0.2, 0.25) is 10.0 Å². The highest BCUT2D eigenvalue weighted by Gasteiger charge is 2.31. The summed E-state index contributed by atoms with van der Waals surface area (Å²) in [7, 11) is 0.510. The lowest BCUT2D eigenvalue weighted by molar-refractivity contribution is 0.0824. The summed E-state index contributed by atoms with van der Waals surface area (Å²) < 4.78 is 32.9. The van der Waals surface area contributed by atoms with Crippen molar-refractivity contribution in [3.63, 3.8) is 0 Å². The van der Waals surface area contributed by atoms with E-state index < -0.39 is 15.9 Å². The molecular formula is C15H22ClN3O4S. The van der Waals surface area contributed by atoms with Crippen molar-refractivity contribution in [3.05, 3.63) is 22.7 Å². The molecule has 9 heteroatoms. The Kier molecular flexibility index (Phi) is 5.74. The molecule has 0 aliphatic heterocycles. The van der Waals surface area contributed by atoms with Crippen molar-refractivity contribution in [2.45, 2.75) is 23.8 Å². The summed E-state index contributed by atoms with van der Waals surface area (Å²) >= 11 is 6.01. The average molecular weight is 376 g/mol. The molecule has 2 rings (SSSR count). The van der Waals surface area contributed by atoms with Crippen LogP contribution >= 0.6 is 11.6 Å². The van der Waals surface area contributed by atoms with Gasteiger partial charge in [0, 0.05) is 31.7 Å². The Morgan fingerprint density at radius 2 is 2.08 bits per heavy atom. The number of rotatable bonds is 7. The first kappa shape index (κ1) is 19.0. The summed E-state index contributed by atoms with van der Waals surface area (Å²) in [5.74, 6) is -0.0779. The molecule has 1 amide bonds. The normalized spacial score (nSPS) is 15.9. The Labute approximate surface area is 147 Å². The van der Waals surface area contributed by atoms with Crippen molar-refractivity contribution in [2.75, 3.05) is 27.7 Å². The molecule has 1 aliphatic rings. The van der Waals surface area contributed by atoms with Crippen molar-refractivity contribution in [1.29, 1.82) is 0 Å². The number of amides is 1. The first-order chi connectivity index (χ1) is 11.2. The molecule has 0 radical (unpaired) electrons. The van der Waals surface area contributed by atoms with Crippen LogP contribution in [0, 0.1) is 5.92 Å². The number of nitrogens with one attached hydrogen (secondary N) is 1. The molecule has 134 valence electrons. The van der Waals surface area contributed by atoms with Crippen molar-refractivity contribution in [2.24, 2.45) is 11.7 Å². The van der Waals surface area contributed by atoms with Gasteiger partial charge in [-0.05, 0) is 30.9 Å². The smallest absolute Gasteiger partial charge is 0.257 e. The van der Waals surface area contributed by atoms with E-state index in [0.29, 0.717) is 5.92 Å². The van der Waals surface area contributed by atoms with Crippen LogP contribution in [0.3, 0.4) is 0 Å². The van der Waals surface area contributed by atoms with Crippen LogP contribution in [0.1, 0.15) is 23.2 Å². The molecule has 1 saturated carbocycles. The third-order valence-electron chi connectivity index (χ3n) is 3.89. The van der Waals surface area contributed by atoms with E-state index in [1.54, 1.807) is 14.1 Å². The molecule has 3 N–H and O–H groups in total. The highest BCUT2D eigenvalue weighted by atomic mass is 35.5. The van der Waals surface area contributed by atoms with Crippen LogP contribution in [0.4, 0.5) is 0 Å². The van der Waals surface area contributed by atoms with Crippen molar-refractivity contribution in [3.8, 4) is 5.75 Å². The molecule has 0 bridgehead atoms. The number of halogens is 1. The van der Waals surface area contributed by atoms with Gasteiger partial charge in [0.1, 0.15) is 4.90 Å². The predicted octanol–water partition coefficient (Wildman–Crippen LogP) is 1.07. The number of carbonyl (C=O) groups is 1. The summed E-state index contributed by atoms with van der Waals surface area (Å²) in [6.07, 6.45) is 2.04. The standard InChI is InChI=1S/C15H22ClN3O4S/c1-19(2)15(20)11-6-10(16)7-13(14(11)23-3)24(21,22)18-8-12(17)9-4-5-9/h6-7,9,12,18H,4-5,8,17H2,1-3H3. The molecule has 7 nitrogen and oxygen atoms in total. The quantitative estimate of drug-likeness (QED) is 0.742.